The smallest absolute Gasteiger partial charge is 0.255 e. The van der Waals surface area contributed by atoms with Gasteiger partial charge in [-0.2, -0.15) is 0 Å². The molecule has 0 aliphatic carbocycles. The van der Waals surface area contributed by atoms with Crippen LogP contribution in [0.4, 0.5) is 5.69 Å². The van der Waals surface area contributed by atoms with Crippen molar-refractivity contribution in [3.05, 3.63) is 84.2 Å². The molecule has 4 N–H and O–H groups in total. The van der Waals surface area contributed by atoms with E-state index in [1.165, 1.54) is 24.8 Å². The van der Waals surface area contributed by atoms with E-state index in [1.54, 1.807) is 6.20 Å². The number of pyridine rings is 1. The molecule has 0 radical (unpaired) electrons. The van der Waals surface area contributed by atoms with E-state index < -0.39 is 0 Å². The van der Waals surface area contributed by atoms with Crippen LogP contribution < -0.4 is 11.1 Å². The van der Waals surface area contributed by atoms with Gasteiger partial charge in [0.2, 0.25) is 0 Å². The number of carbonyl (C=O) groups is 1. The first-order valence-electron chi connectivity index (χ1n) is 10.2. The summed E-state index contributed by atoms with van der Waals surface area (Å²) in [5.41, 5.74) is 8.74. The largest absolute Gasteiger partial charge is 0.398 e. The molecule has 0 aliphatic heterocycles. The molecule has 31 heavy (non-hydrogen) atoms. The van der Waals surface area contributed by atoms with Gasteiger partial charge in [0, 0.05) is 22.9 Å². The lowest BCUT2D eigenvalue weighted by Gasteiger charge is -2.12. The molecule has 3 aromatic rings. The van der Waals surface area contributed by atoms with Crippen LogP contribution in [-0.2, 0) is 0 Å². The molecule has 1 aromatic heterocycles. The molecule has 0 saturated carbocycles. The molecule has 2 aromatic carbocycles. The molecule has 5 nitrogen and oxygen atoms in total. The lowest BCUT2D eigenvalue weighted by atomic mass is 9.95. The number of nitrogens with two attached hydrogens (primary N) is 1. The van der Waals surface area contributed by atoms with Gasteiger partial charge in [0.1, 0.15) is 0 Å². The van der Waals surface area contributed by atoms with Gasteiger partial charge >= 0.3 is 0 Å². The highest BCUT2D eigenvalue weighted by molar-refractivity contribution is 6.04. The van der Waals surface area contributed by atoms with E-state index in [-0.39, 0.29) is 13.3 Å². The first kappa shape index (κ1) is 25.6. The van der Waals surface area contributed by atoms with E-state index in [4.69, 9.17) is 11.1 Å². The second-order valence-electron chi connectivity index (χ2n) is 7.26. The van der Waals surface area contributed by atoms with Crippen LogP contribution in [0.3, 0.4) is 0 Å². The van der Waals surface area contributed by atoms with Gasteiger partial charge in [0.25, 0.3) is 5.91 Å². The van der Waals surface area contributed by atoms with Crippen LogP contribution in [0.15, 0.2) is 73.1 Å². The summed E-state index contributed by atoms with van der Waals surface area (Å²) in [4.78, 5) is 16.8. The summed E-state index contributed by atoms with van der Waals surface area (Å²) in [6.45, 7) is 7.66. The molecule has 1 unspecified atom stereocenters. The van der Waals surface area contributed by atoms with Gasteiger partial charge in [-0.1, -0.05) is 71.0 Å². The molecule has 0 spiro atoms. The summed E-state index contributed by atoms with van der Waals surface area (Å²) in [6, 6.07) is 17.8. The molecule has 1 atom stereocenters. The monoisotopic (exact) mass is 418 g/mol. The number of anilines is 1. The molecule has 5 heteroatoms. The van der Waals surface area contributed by atoms with Crippen molar-refractivity contribution in [2.24, 2.45) is 5.73 Å². The SMILES string of the molecule is C.C=C(N)C=N.CCCCC(C)c1ccc(C(=O)Nc2cnc3ccccc3c2)cc1. The lowest BCUT2D eigenvalue weighted by Crippen LogP contribution is -2.12. The number of unbranched alkanes of at least 4 members (excludes halogenated alkanes) is 1. The third-order valence-electron chi connectivity index (χ3n) is 4.77. The Bertz CT molecular complexity index is 996. The molecule has 0 aliphatic rings. The van der Waals surface area contributed by atoms with Crippen molar-refractivity contribution in [3.63, 3.8) is 0 Å². The zero-order valence-corrected chi connectivity index (χ0v) is 17.7. The van der Waals surface area contributed by atoms with Crippen LogP contribution in [-0.4, -0.2) is 17.1 Å². The molecular weight excluding hydrogens is 384 g/mol. The molecule has 0 fully saturated rings. The second kappa shape index (κ2) is 13.0. The molecule has 0 saturated heterocycles. The Labute approximate surface area is 185 Å². The van der Waals surface area contributed by atoms with E-state index in [2.05, 4.69) is 42.9 Å². The van der Waals surface area contributed by atoms with Crippen LogP contribution in [0.1, 0.15) is 62.4 Å². The van der Waals surface area contributed by atoms with Gasteiger partial charge in [-0.25, -0.2) is 0 Å². The zero-order valence-electron chi connectivity index (χ0n) is 17.7. The van der Waals surface area contributed by atoms with Gasteiger partial charge in [-0.3, -0.25) is 9.78 Å². The standard InChI is InChI=1S/C22H24N2O.C3H6N2.CH4/c1-3-4-7-16(2)17-10-12-18(13-11-17)22(25)24-20-14-19-8-5-6-9-21(19)23-15-20;1-3(5)2-4;/h5-6,8-16H,3-4,7H2,1-2H3,(H,24,25);2,4H,1,5H2;1H4. The summed E-state index contributed by atoms with van der Waals surface area (Å²) in [5.74, 6) is 0.423. The highest BCUT2D eigenvalue weighted by atomic mass is 16.1. The lowest BCUT2D eigenvalue weighted by molar-refractivity contribution is 0.102. The molecule has 1 amide bonds. The minimum atomic E-state index is -0.107. The number of fused-ring (bicyclic) bond motifs is 1. The Balaban J connectivity index is 0.000000721. The molecule has 1 heterocycles. The Hall–Kier alpha value is -3.47. The predicted molar refractivity (Wildman–Crippen MR) is 133 cm³/mol. The number of para-hydroxylation sites is 1. The summed E-state index contributed by atoms with van der Waals surface area (Å²) in [7, 11) is 0. The van der Waals surface area contributed by atoms with E-state index in [0.717, 1.165) is 17.1 Å². The molecule has 164 valence electrons. The van der Waals surface area contributed by atoms with E-state index >= 15 is 0 Å². The van der Waals surface area contributed by atoms with Crippen molar-refractivity contribution in [2.45, 2.75) is 46.5 Å². The van der Waals surface area contributed by atoms with Gasteiger partial charge in [-0.15, -0.1) is 0 Å². The van der Waals surface area contributed by atoms with Crippen LogP contribution >= 0.6 is 0 Å². The van der Waals surface area contributed by atoms with Crippen LogP contribution in [0.25, 0.3) is 10.9 Å². The fourth-order valence-electron chi connectivity index (χ4n) is 2.98. The fraction of sp³-hybridized carbons (Fsp3) is 0.269. The minimum absolute atomic E-state index is 0. The van der Waals surface area contributed by atoms with Crippen molar-refractivity contribution in [1.82, 2.24) is 4.98 Å². The number of rotatable bonds is 7. The number of nitrogens with zero attached hydrogens (tertiary/aromatic N) is 1. The zero-order chi connectivity index (χ0) is 21.9. The number of benzene rings is 2. The average molecular weight is 419 g/mol. The van der Waals surface area contributed by atoms with Gasteiger partial charge in [0.15, 0.2) is 0 Å². The Morgan fingerprint density at radius 1 is 1.23 bits per heavy atom. The predicted octanol–water partition coefficient (Wildman–Crippen LogP) is 6.53. The minimum Gasteiger partial charge on any atom is -0.398 e. The van der Waals surface area contributed by atoms with E-state index in [9.17, 15) is 4.79 Å². The number of hydrogen-bond donors (Lipinski definition) is 3. The number of hydrogen-bond acceptors (Lipinski definition) is 4. The number of carbonyl (C=O) groups excluding carboxylic acids is 1. The van der Waals surface area contributed by atoms with Crippen molar-refractivity contribution in [3.8, 4) is 0 Å². The van der Waals surface area contributed by atoms with E-state index in [0.29, 0.717) is 22.9 Å². The Morgan fingerprint density at radius 2 is 1.87 bits per heavy atom. The first-order valence-corrected chi connectivity index (χ1v) is 10.2. The Kier molecular flexibility index (Phi) is 10.7. The highest BCUT2D eigenvalue weighted by Crippen LogP contribution is 2.22. The number of amides is 1. The average Bonchev–Trinajstić information content (AvgIpc) is 2.77. The number of allylic oxidation sites excluding steroid dienone is 1. The summed E-state index contributed by atoms with van der Waals surface area (Å²) >= 11 is 0. The van der Waals surface area contributed by atoms with Crippen molar-refractivity contribution >= 4 is 28.7 Å². The van der Waals surface area contributed by atoms with Crippen molar-refractivity contribution in [1.29, 1.82) is 5.41 Å². The van der Waals surface area contributed by atoms with Crippen molar-refractivity contribution < 1.29 is 4.79 Å². The second-order valence-corrected chi connectivity index (χ2v) is 7.26. The molecular formula is C26H34N4O. The van der Waals surface area contributed by atoms with E-state index in [1.807, 2.05) is 42.5 Å². The number of aromatic nitrogens is 1. The van der Waals surface area contributed by atoms with Crippen LogP contribution in [0.5, 0.6) is 0 Å². The van der Waals surface area contributed by atoms with Gasteiger partial charge in [0.05, 0.1) is 17.4 Å². The maximum Gasteiger partial charge on any atom is 0.255 e. The van der Waals surface area contributed by atoms with Gasteiger partial charge < -0.3 is 16.5 Å². The highest BCUT2D eigenvalue weighted by Gasteiger charge is 2.09. The third-order valence-corrected chi connectivity index (χ3v) is 4.77. The third kappa shape index (κ3) is 8.05. The quantitative estimate of drug-likeness (QED) is 0.381. The fourth-order valence-corrected chi connectivity index (χ4v) is 2.98. The van der Waals surface area contributed by atoms with Crippen LogP contribution in [0.2, 0.25) is 0 Å². The topological polar surface area (TPSA) is 91.9 Å². The maximum atomic E-state index is 12.5. The Morgan fingerprint density at radius 3 is 2.48 bits per heavy atom. The van der Waals surface area contributed by atoms with Gasteiger partial charge in [-0.05, 0) is 42.2 Å². The maximum absolute atomic E-state index is 12.5. The summed E-state index contributed by atoms with van der Waals surface area (Å²) in [5, 5.41) is 10.3. The first-order chi connectivity index (χ1) is 14.4. The summed E-state index contributed by atoms with van der Waals surface area (Å²) in [6.07, 6.45) is 6.33. The molecule has 0 bridgehead atoms. The number of nitrogens with one attached hydrogen (secondary N) is 2. The summed E-state index contributed by atoms with van der Waals surface area (Å²) < 4.78 is 0. The van der Waals surface area contributed by atoms with Crippen molar-refractivity contribution in [2.75, 3.05) is 5.32 Å². The normalized spacial score (nSPS) is 10.8. The van der Waals surface area contributed by atoms with Crippen LogP contribution in [0, 0.1) is 5.41 Å². The molecule has 3 rings (SSSR count).